The third-order valence-corrected chi connectivity index (χ3v) is 5.06. The first kappa shape index (κ1) is 23.7. The molecule has 170 valence electrons. The van der Waals surface area contributed by atoms with E-state index in [0.29, 0.717) is 58.4 Å². The zero-order valence-electron chi connectivity index (χ0n) is 17.6. The Hall–Kier alpha value is -2.97. The molecule has 0 fully saturated rings. The quantitative estimate of drug-likeness (QED) is 0.235. The van der Waals surface area contributed by atoms with E-state index in [-0.39, 0.29) is 23.9 Å². The maximum Gasteiger partial charge on any atom is 0.338 e. The van der Waals surface area contributed by atoms with Crippen LogP contribution in [-0.2, 0) is 9.53 Å². The molecule has 0 aliphatic heterocycles. The SMILES string of the molecule is CCOC(=O)CCCCOc1c(OC)ccc2c(Nc3c(Cl)cncc3Cl)cc(=O)oc12. The van der Waals surface area contributed by atoms with Crippen LogP contribution in [0, 0.1) is 0 Å². The van der Waals surface area contributed by atoms with E-state index >= 15 is 0 Å². The van der Waals surface area contributed by atoms with Crippen LogP contribution in [0.1, 0.15) is 26.2 Å². The summed E-state index contributed by atoms with van der Waals surface area (Å²) >= 11 is 12.4. The van der Waals surface area contributed by atoms with E-state index in [2.05, 4.69) is 10.3 Å². The Morgan fingerprint density at radius 2 is 1.94 bits per heavy atom. The summed E-state index contributed by atoms with van der Waals surface area (Å²) < 4.78 is 21.6. The van der Waals surface area contributed by atoms with Gasteiger partial charge in [-0.1, -0.05) is 23.2 Å². The molecule has 0 spiro atoms. The van der Waals surface area contributed by atoms with Gasteiger partial charge in [0.2, 0.25) is 5.75 Å². The Labute approximate surface area is 194 Å². The van der Waals surface area contributed by atoms with Crippen molar-refractivity contribution in [2.45, 2.75) is 26.2 Å². The number of benzene rings is 1. The lowest BCUT2D eigenvalue weighted by molar-refractivity contribution is -0.143. The number of carbonyl (C=O) groups is 1. The van der Waals surface area contributed by atoms with Crippen molar-refractivity contribution in [2.75, 3.05) is 25.6 Å². The average molecular weight is 481 g/mol. The van der Waals surface area contributed by atoms with Gasteiger partial charge < -0.3 is 23.9 Å². The summed E-state index contributed by atoms with van der Waals surface area (Å²) in [4.78, 5) is 27.7. The van der Waals surface area contributed by atoms with Gasteiger partial charge in [-0.3, -0.25) is 9.78 Å². The molecular weight excluding hydrogens is 459 g/mol. The zero-order valence-corrected chi connectivity index (χ0v) is 19.1. The van der Waals surface area contributed by atoms with Crippen molar-refractivity contribution in [2.24, 2.45) is 0 Å². The van der Waals surface area contributed by atoms with Crippen molar-refractivity contribution < 1.29 is 23.4 Å². The Morgan fingerprint density at radius 3 is 2.62 bits per heavy atom. The normalized spacial score (nSPS) is 10.8. The summed E-state index contributed by atoms with van der Waals surface area (Å²) in [6.07, 6.45) is 4.39. The fourth-order valence-corrected chi connectivity index (χ4v) is 3.49. The number of halogens is 2. The van der Waals surface area contributed by atoms with E-state index < -0.39 is 5.63 Å². The second-order valence-corrected chi connectivity index (χ2v) is 7.48. The molecule has 0 atom stereocenters. The monoisotopic (exact) mass is 480 g/mol. The number of hydrogen-bond donors (Lipinski definition) is 1. The number of ether oxygens (including phenoxy) is 3. The molecule has 3 aromatic rings. The third kappa shape index (κ3) is 5.63. The van der Waals surface area contributed by atoms with Crippen LogP contribution in [0.2, 0.25) is 10.0 Å². The Bertz CT molecular complexity index is 1140. The number of nitrogens with one attached hydrogen (secondary N) is 1. The van der Waals surface area contributed by atoms with Gasteiger partial charge in [-0.05, 0) is 31.9 Å². The van der Waals surface area contributed by atoms with Gasteiger partial charge in [0.25, 0.3) is 0 Å². The second-order valence-electron chi connectivity index (χ2n) is 6.67. The van der Waals surface area contributed by atoms with E-state index in [1.54, 1.807) is 19.1 Å². The summed E-state index contributed by atoms with van der Waals surface area (Å²) in [7, 11) is 1.49. The number of aromatic nitrogens is 1. The Balaban J connectivity index is 1.88. The standard InChI is InChI=1S/C22H22Cl2N2O6/c1-3-30-18(27)6-4-5-9-31-22-17(29-2)8-7-13-16(10-19(28)32-21(13)22)26-20-14(23)11-25-12-15(20)24/h7-8,10-12H,3-6,9H2,1-2H3,(H,25,26). The highest BCUT2D eigenvalue weighted by Crippen LogP contribution is 2.40. The number of pyridine rings is 1. The van der Waals surface area contributed by atoms with Gasteiger partial charge in [-0.2, -0.15) is 0 Å². The van der Waals surface area contributed by atoms with Gasteiger partial charge in [0, 0.05) is 30.3 Å². The predicted molar refractivity (Wildman–Crippen MR) is 123 cm³/mol. The van der Waals surface area contributed by atoms with Gasteiger partial charge in [-0.15, -0.1) is 0 Å². The number of fused-ring (bicyclic) bond motifs is 1. The number of rotatable bonds is 10. The van der Waals surface area contributed by atoms with Gasteiger partial charge in [0.15, 0.2) is 11.3 Å². The molecule has 0 aliphatic carbocycles. The average Bonchev–Trinajstić information content (AvgIpc) is 2.76. The van der Waals surface area contributed by atoms with Crippen LogP contribution in [0.4, 0.5) is 11.4 Å². The molecule has 3 rings (SSSR count). The zero-order chi connectivity index (χ0) is 23.1. The number of unbranched alkanes of at least 4 members (excludes halogenated alkanes) is 1. The highest BCUT2D eigenvalue weighted by molar-refractivity contribution is 6.39. The molecule has 32 heavy (non-hydrogen) atoms. The van der Waals surface area contributed by atoms with Crippen LogP contribution in [0.3, 0.4) is 0 Å². The number of hydrogen-bond acceptors (Lipinski definition) is 8. The van der Waals surface area contributed by atoms with Crippen LogP contribution >= 0.6 is 23.2 Å². The van der Waals surface area contributed by atoms with Gasteiger partial charge >= 0.3 is 11.6 Å². The van der Waals surface area contributed by atoms with Crippen molar-refractivity contribution in [3.05, 3.63) is 51.1 Å². The summed E-state index contributed by atoms with van der Waals surface area (Å²) in [5.74, 6) is 0.447. The predicted octanol–water partition coefficient (Wildman–Crippen LogP) is 5.36. The number of anilines is 2. The number of methoxy groups -OCH3 is 1. The van der Waals surface area contributed by atoms with Crippen molar-refractivity contribution in [3.8, 4) is 11.5 Å². The van der Waals surface area contributed by atoms with E-state index in [9.17, 15) is 9.59 Å². The maximum absolute atomic E-state index is 12.3. The molecular formula is C22H22Cl2N2O6. The van der Waals surface area contributed by atoms with E-state index in [0.717, 1.165) is 0 Å². The Kier molecular flexibility index (Phi) is 8.19. The largest absolute Gasteiger partial charge is 0.493 e. The molecule has 0 saturated carbocycles. The van der Waals surface area contributed by atoms with Crippen LogP contribution in [0.15, 0.2) is 39.8 Å². The highest BCUT2D eigenvalue weighted by atomic mass is 35.5. The molecule has 0 radical (unpaired) electrons. The number of nitrogens with zero attached hydrogens (tertiary/aromatic N) is 1. The minimum Gasteiger partial charge on any atom is -0.493 e. The van der Waals surface area contributed by atoms with E-state index in [1.165, 1.54) is 25.6 Å². The summed E-state index contributed by atoms with van der Waals surface area (Å²) in [5.41, 5.74) is 0.460. The number of carbonyl (C=O) groups excluding carboxylic acids is 1. The molecule has 10 heteroatoms. The molecule has 0 saturated heterocycles. The molecule has 0 amide bonds. The van der Waals surface area contributed by atoms with E-state index in [1.807, 2.05) is 0 Å². The Morgan fingerprint density at radius 1 is 1.19 bits per heavy atom. The van der Waals surface area contributed by atoms with Crippen molar-refractivity contribution in [3.63, 3.8) is 0 Å². The van der Waals surface area contributed by atoms with E-state index in [4.69, 9.17) is 41.8 Å². The van der Waals surface area contributed by atoms with Gasteiger partial charge in [-0.25, -0.2) is 4.79 Å². The first-order valence-corrected chi connectivity index (χ1v) is 10.7. The van der Waals surface area contributed by atoms with Crippen LogP contribution in [-0.4, -0.2) is 31.3 Å². The molecule has 2 heterocycles. The fourth-order valence-electron chi connectivity index (χ4n) is 3.03. The van der Waals surface area contributed by atoms with Crippen LogP contribution < -0.4 is 20.4 Å². The second kappa shape index (κ2) is 11.1. The third-order valence-electron chi connectivity index (χ3n) is 4.49. The van der Waals surface area contributed by atoms with Crippen LogP contribution in [0.5, 0.6) is 11.5 Å². The highest BCUT2D eigenvalue weighted by Gasteiger charge is 2.18. The first-order valence-electron chi connectivity index (χ1n) is 9.93. The van der Waals surface area contributed by atoms with Crippen molar-refractivity contribution >= 4 is 51.5 Å². The smallest absolute Gasteiger partial charge is 0.338 e. The molecule has 8 nitrogen and oxygen atoms in total. The topological polar surface area (TPSA) is 99.9 Å². The summed E-state index contributed by atoms with van der Waals surface area (Å²) in [6, 6.07) is 4.73. The summed E-state index contributed by atoms with van der Waals surface area (Å²) in [5, 5.41) is 4.24. The lowest BCUT2D eigenvalue weighted by Gasteiger charge is -2.15. The minimum atomic E-state index is -0.596. The lowest BCUT2D eigenvalue weighted by atomic mass is 10.1. The van der Waals surface area contributed by atoms with Crippen molar-refractivity contribution in [1.82, 2.24) is 4.98 Å². The summed E-state index contributed by atoms with van der Waals surface area (Å²) in [6.45, 7) is 2.41. The minimum absolute atomic E-state index is 0.214. The molecule has 1 aromatic carbocycles. The molecule has 2 aromatic heterocycles. The molecule has 0 unspecified atom stereocenters. The van der Waals surface area contributed by atoms with Gasteiger partial charge in [0.1, 0.15) is 0 Å². The van der Waals surface area contributed by atoms with Crippen molar-refractivity contribution in [1.29, 1.82) is 0 Å². The fraction of sp³-hybridized carbons (Fsp3) is 0.318. The maximum atomic E-state index is 12.3. The molecule has 0 aliphatic rings. The lowest BCUT2D eigenvalue weighted by Crippen LogP contribution is -2.07. The molecule has 0 bridgehead atoms. The first-order chi connectivity index (χ1) is 15.4. The number of esters is 1. The molecule has 1 N–H and O–H groups in total. The van der Waals surface area contributed by atoms with Gasteiger partial charge in [0.05, 0.1) is 41.7 Å². The van der Waals surface area contributed by atoms with Crippen LogP contribution in [0.25, 0.3) is 11.0 Å².